The van der Waals surface area contributed by atoms with E-state index in [1.54, 1.807) is 6.20 Å². The predicted molar refractivity (Wildman–Crippen MR) is 58.8 cm³/mol. The molecule has 0 saturated carbocycles. The van der Waals surface area contributed by atoms with E-state index in [9.17, 15) is 0 Å². The molecule has 1 aromatic heterocycles. The summed E-state index contributed by atoms with van der Waals surface area (Å²) in [5, 5.41) is 4.12. The molecule has 0 bridgehead atoms. The summed E-state index contributed by atoms with van der Waals surface area (Å²) in [7, 11) is 1.94. The Balaban J connectivity index is 2.36. The van der Waals surface area contributed by atoms with Gasteiger partial charge in [-0.1, -0.05) is 26.7 Å². The summed E-state index contributed by atoms with van der Waals surface area (Å²) in [5.41, 5.74) is 7.20. The van der Waals surface area contributed by atoms with Crippen molar-refractivity contribution in [3.05, 3.63) is 18.0 Å². The monoisotopic (exact) mass is 195 g/mol. The minimum absolute atomic E-state index is 0.140. The molecular weight excluding hydrogens is 174 g/mol. The maximum Gasteiger partial charge on any atom is 0.0548 e. The Bertz CT molecular complexity index is 265. The van der Waals surface area contributed by atoms with Crippen LogP contribution in [0.15, 0.2) is 12.3 Å². The molecule has 0 spiro atoms. The van der Waals surface area contributed by atoms with E-state index in [1.807, 2.05) is 17.8 Å². The topological polar surface area (TPSA) is 43.8 Å². The van der Waals surface area contributed by atoms with Crippen LogP contribution in [0, 0.1) is 5.92 Å². The Kier molecular flexibility index (Phi) is 4.14. The molecule has 1 rings (SSSR count). The maximum absolute atomic E-state index is 6.07. The van der Waals surface area contributed by atoms with Gasteiger partial charge < -0.3 is 5.73 Å². The zero-order valence-electron chi connectivity index (χ0n) is 9.40. The predicted octanol–water partition coefficient (Wildman–Crippen LogP) is 2.25. The van der Waals surface area contributed by atoms with Gasteiger partial charge in [0, 0.05) is 19.3 Å². The molecule has 0 aliphatic carbocycles. The molecule has 14 heavy (non-hydrogen) atoms. The number of aromatic nitrogens is 2. The second-order valence-electron chi connectivity index (χ2n) is 4.31. The molecule has 1 unspecified atom stereocenters. The van der Waals surface area contributed by atoms with Crippen molar-refractivity contribution in [1.29, 1.82) is 0 Å². The standard InChI is InChI=1S/C11H21N3/c1-9(2)5-4-6-10(12)11-7-8-13-14(11)3/h7-10H,4-6,12H2,1-3H3. The summed E-state index contributed by atoms with van der Waals surface area (Å²) >= 11 is 0. The largest absolute Gasteiger partial charge is 0.323 e. The first-order valence-electron chi connectivity index (χ1n) is 5.34. The van der Waals surface area contributed by atoms with Crippen LogP contribution in [0.5, 0.6) is 0 Å². The summed E-state index contributed by atoms with van der Waals surface area (Å²) in [5.74, 6) is 0.772. The highest BCUT2D eigenvalue weighted by Crippen LogP contribution is 2.17. The SMILES string of the molecule is CC(C)CCCC(N)c1ccnn1C. The highest BCUT2D eigenvalue weighted by Gasteiger charge is 2.09. The van der Waals surface area contributed by atoms with Crippen LogP contribution in [0.25, 0.3) is 0 Å². The number of rotatable bonds is 5. The second-order valence-corrected chi connectivity index (χ2v) is 4.31. The van der Waals surface area contributed by atoms with Gasteiger partial charge in [-0.15, -0.1) is 0 Å². The molecule has 0 aliphatic heterocycles. The highest BCUT2D eigenvalue weighted by molar-refractivity contribution is 5.05. The zero-order valence-corrected chi connectivity index (χ0v) is 9.40. The Morgan fingerprint density at radius 1 is 1.43 bits per heavy atom. The number of hydrogen-bond acceptors (Lipinski definition) is 2. The average Bonchev–Trinajstić information content (AvgIpc) is 2.50. The molecule has 0 fully saturated rings. The van der Waals surface area contributed by atoms with Crippen LogP contribution in [0.2, 0.25) is 0 Å². The molecule has 3 heteroatoms. The lowest BCUT2D eigenvalue weighted by atomic mass is 10.0. The smallest absolute Gasteiger partial charge is 0.0548 e. The number of hydrogen-bond donors (Lipinski definition) is 1. The van der Waals surface area contributed by atoms with Crippen LogP contribution in [0.3, 0.4) is 0 Å². The third-order valence-electron chi connectivity index (χ3n) is 2.54. The van der Waals surface area contributed by atoms with Gasteiger partial charge in [0.25, 0.3) is 0 Å². The number of nitrogens with zero attached hydrogens (tertiary/aromatic N) is 2. The first kappa shape index (κ1) is 11.2. The lowest BCUT2D eigenvalue weighted by molar-refractivity contribution is 0.491. The van der Waals surface area contributed by atoms with Crippen molar-refractivity contribution in [2.75, 3.05) is 0 Å². The van der Waals surface area contributed by atoms with Crippen LogP contribution in [-0.2, 0) is 7.05 Å². The van der Waals surface area contributed by atoms with Gasteiger partial charge in [0.2, 0.25) is 0 Å². The van der Waals surface area contributed by atoms with Crippen molar-refractivity contribution >= 4 is 0 Å². The average molecular weight is 195 g/mol. The van der Waals surface area contributed by atoms with E-state index >= 15 is 0 Å². The normalized spacial score (nSPS) is 13.5. The molecular formula is C11H21N3. The molecule has 3 nitrogen and oxygen atoms in total. The van der Waals surface area contributed by atoms with Crippen LogP contribution in [0.1, 0.15) is 44.8 Å². The lowest BCUT2D eigenvalue weighted by Gasteiger charge is -2.12. The van der Waals surface area contributed by atoms with Crippen LogP contribution in [0.4, 0.5) is 0 Å². The fraction of sp³-hybridized carbons (Fsp3) is 0.727. The fourth-order valence-corrected chi connectivity index (χ4v) is 1.64. The number of nitrogens with two attached hydrogens (primary N) is 1. The van der Waals surface area contributed by atoms with Gasteiger partial charge >= 0.3 is 0 Å². The van der Waals surface area contributed by atoms with Crippen molar-refractivity contribution < 1.29 is 0 Å². The van der Waals surface area contributed by atoms with Crippen molar-refractivity contribution in [2.24, 2.45) is 18.7 Å². The second kappa shape index (κ2) is 5.15. The van der Waals surface area contributed by atoms with E-state index < -0.39 is 0 Å². The van der Waals surface area contributed by atoms with Crippen molar-refractivity contribution in [3.8, 4) is 0 Å². The third-order valence-corrected chi connectivity index (χ3v) is 2.54. The Morgan fingerprint density at radius 3 is 2.64 bits per heavy atom. The van der Waals surface area contributed by atoms with Gasteiger partial charge in [0.15, 0.2) is 0 Å². The van der Waals surface area contributed by atoms with E-state index in [1.165, 1.54) is 12.8 Å². The van der Waals surface area contributed by atoms with E-state index in [-0.39, 0.29) is 6.04 Å². The Morgan fingerprint density at radius 2 is 2.14 bits per heavy atom. The molecule has 1 aromatic rings. The molecule has 80 valence electrons. The fourth-order valence-electron chi connectivity index (χ4n) is 1.64. The first-order valence-corrected chi connectivity index (χ1v) is 5.34. The van der Waals surface area contributed by atoms with E-state index in [4.69, 9.17) is 5.73 Å². The van der Waals surface area contributed by atoms with Gasteiger partial charge in [-0.25, -0.2) is 0 Å². The van der Waals surface area contributed by atoms with Gasteiger partial charge in [0.05, 0.1) is 5.69 Å². The van der Waals surface area contributed by atoms with Gasteiger partial charge in [-0.05, 0) is 18.4 Å². The minimum atomic E-state index is 0.140. The first-order chi connectivity index (χ1) is 6.61. The summed E-state index contributed by atoms with van der Waals surface area (Å²) in [4.78, 5) is 0. The van der Waals surface area contributed by atoms with Gasteiger partial charge in [0.1, 0.15) is 0 Å². The van der Waals surface area contributed by atoms with Gasteiger partial charge in [-0.2, -0.15) is 5.10 Å². The summed E-state index contributed by atoms with van der Waals surface area (Å²) in [6.45, 7) is 4.49. The van der Waals surface area contributed by atoms with E-state index in [0.29, 0.717) is 0 Å². The highest BCUT2D eigenvalue weighted by atomic mass is 15.3. The molecule has 0 saturated heterocycles. The van der Waals surface area contributed by atoms with Gasteiger partial charge in [-0.3, -0.25) is 4.68 Å². The molecule has 0 aromatic carbocycles. The third kappa shape index (κ3) is 3.14. The quantitative estimate of drug-likeness (QED) is 0.783. The van der Waals surface area contributed by atoms with E-state index in [0.717, 1.165) is 18.0 Å². The summed E-state index contributed by atoms with van der Waals surface area (Å²) < 4.78 is 1.86. The molecule has 0 radical (unpaired) electrons. The Labute approximate surface area is 86.3 Å². The van der Waals surface area contributed by atoms with Crippen molar-refractivity contribution in [2.45, 2.75) is 39.2 Å². The van der Waals surface area contributed by atoms with Crippen LogP contribution < -0.4 is 5.73 Å². The molecule has 2 N–H and O–H groups in total. The zero-order chi connectivity index (χ0) is 10.6. The molecule has 1 atom stereocenters. The van der Waals surface area contributed by atoms with E-state index in [2.05, 4.69) is 18.9 Å². The summed E-state index contributed by atoms with van der Waals surface area (Å²) in [6.07, 6.45) is 5.31. The van der Waals surface area contributed by atoms with Crippen LogP contribution >= 0.6 is 0 Å². The Hall–Kier alpha value is -0.830. The van der Waals surface area contributed by atoms with Crippen LogP contribution in [-0.4, -0.2) is 9.78 Å². The lowest BCUT2D eigenvalue weighted by Crippen LogP contribution is -2.14. The van der Waals surface area contributed by atoms with Crippen molar-refractivity contribution in [3.63, 3.8) is 0 Å². The van der Waals surface area contributed by atoms with Crippen molar-refractivity contribution in [1.82, 2.24) is 9.78 Å². The molecule has 0 amide bonds. The molecule has 0 aliphatic rings. The summed E-state index contributed by atoms with van der Waals surface area (Å²) in [6, 6.07) is 2.14. The number of aryl methyl sites for hydroxylation is 1. The molecule has 1 heterocycles. The maximum atomic E-state index is 6.07. The minimum Gasteiger partial charge on any atom is -0.323 e.